The smallest absolute Gasteiger partial charge is 0.126 e. The Morgan fingerprint density at radius 2 is 1.00 bits per heavy atom. The number of hydrogen-bond donors (Lipinski definition) is 0. The summed E-state index contributed by atoms with van der Waals surface area (Å²) >= 11 is 0. The van der Waals surface area contributed by atoms with Crippen molar-refractivity contribution in [1.29, 1.82) is 0 Å². The van der Waals surface area contributed by atoms with Gasteiger partial charge in [0.2, 0.25) is 0 Å². The Hall–Kier alpha value is -2.48. The molecule has 0 bridgehead atoms. The molecular weight excluding hydrogens is 256 g/mol. The monoisotopic (exact) mass is 276 g/mol. The normalized spacial score (nSPS) is 9.67. The molecule has 1 aromatic heterocycles. The molecule has 0 aliphatic rings. The van der Waals surface area contributed by atoms with E-state index in [0.29, 0.717) is 0 Å². The van der Waals surface area contributed by atoms with Crippen molar-refractivity contribution in [2.75, 3.05) is 0 Å². The SMILES string of the molecule is CC.Cc1nc(-c2ccccc2)cc(-c2ccccc2)n1. The minimum Gasteiger partial charge on any atom is -0.233 e. The highest BCUT2D eigenvalue weighted by Gasteiger charge is 2.05. The van der Waals surface area contributed by atoms with Crippen LogP contribution in [0.4, 0.5) is 0 Å². The van der Waals surface area contributed by atoms with Crippen LogP contribution >= 0.6 is 0 Å². The lowest BCUT2D eigenvalue weighted by molar-refractivity contribution is 1.06. The molecule has 3 aromatic rings. The predicted molar refractivity (Wildman–Crippen MR) is 89.0 cm³/mol. The summed E-state index contributed by atoms with van der Waals surface area (Å²) in [5, 5.41) is 0. The second-order valence-corrected chi connectivity index (χ2v) is 4.42. The lowest BCUT2D eigenvalue weighted by atomic mass is 10.1. The van der Waals surface area contributed by atoms with Gasteiger partial charge in [-0.05, 0) is 13.0 Å². The maximum Gasteiger partial charge on any atom is 0.126 e. The first-order chi connectivity index (χ1) is 10.3. The van der Waals surface area contributed by atoms with Crippen molar-refractivity contribution in [2.45, 2.75) is 20.8 Å². The first-order valence-corrected chi connectivity index (χ1v) is 7.29. The molecular formula is C19H20N2. The van der Waals surface area contributed by atoms with Crippen molar-refractivity contribution < 1.29 is 0 Å². The van der Waals surface area contributed by atoms with Crippen LogP contribution in [0.1, 0.15) is 19.7 Å². The summed E-state index contributed by atoms with van der Waals surface area (Å²) in [6, 6.07) is 22.4. The molecule has 0 amide bonds. The Morgan fingerprint density at radius 3 is 1.38 bits per heavy atom. The molecule has 0 atom stereocenters. The lowest BCUT2D eigenvalue weighted by Gasteiger charge is -2.06. The first kappa shape index (κ1) is 14.9. The van der Waals surface area contributed by atoms with Crippen LogP contribution in [0.15, 0.2) is 66.7 Å². The fraction of sp³-hybridized carbons (Fsp3) is 0.158. The standard InChI is InChI=1S/C17H14N2.C2H6/c1-13-18-16(14-8-4-2-5-9-14)12-17(19-13)15-10-6-3-7-11-15;1-2/h2-12H,1H3;1-2H3. The summed E-state index contributed by atoms with van der Waals surface area (Å²) in [6.45, 7) is 5.93. The molecule has 0 fully saturated rings. The summed E-state index contributed by atoms with van der Waals surface area (Å²) < 4.78 is 0. The van der Waals surface area contributed by atoms with Crippen LogP contribution in [0.5, 0.6) is 0 Å². The van der Waals surface area contributed by atoms with E-state index < -0.39 is 0 Å². The minimum absolute atomic E-state index is 0.792. The zero-order valence-corrected chi connectivity index (χ0v) is 12.7. The van der Waals surface area contributed by atoms with Crippen LogP contribution in [0.2, 0.25) is 0 Å². The van der Waals surface area contributed by atoms with E-state index in [1.54, 1.807) is 0 Å². The van der Waals surface area contributed by atoms with E-state index in [0.717, 1.165) is 28.3 Å². The zero-order chi connectivity index (χ0) is 15.1. The van der Waals surface area contributed by atoms with Crippen molar-refractivity contribution in [3.8, 4) is 22.5 Å². The van der Waals surface area contributed by atoms with Crippen molar-refractivity contribution in [1.82, 2.24) is 9.97 Å². The van der Waals surface area contributed by atoms with Gasteiger partial charge in [0.25, 0.3) is 0 Å². The van der Waals surface area contributed by atoms with Crippen molar-refractivity contribution in [3.63, 3.8) is 0 Å². The van der Waals surface area contributed by atoms with Crippen LogP contribution in [-0.4, -0.2) is 9.97 Å². The van der Waals surface area contributed by atoms with Gasteiger partial charge in [-0.25, -0.2) is 9.97 Å². The Labute approximate surface area is 126 Å². The van der Waals surface area contributed by atoms with E-state index >= 15 is 0 Å². The average Bonchev–Trinajstić information content (AvgIpc) is 2.58. The van der Waals surface area contributed by atoms with E-state index in [1.807, 2.05) is 63.2 Å². The number of aromatic nitrogens is 2. The quantitative estimate of drug-likeness (QED) is 0.647. The van der Waals surface area contributed by atoms with Gasteiger partial charge in [0, 0.05) is 11.1 Å². The molecule has 2 nitrogen and oxygen atoms in total. The largest absolute Gasteiger partial charge is 0.233 e. The molecule has 3 rings (SSSR count). The maximum absolute atomic E-state index is 4.52. The topological polar surface area (TPSA) is 25.8 Å². The van der Waals surface area contributed by atoms with Gasteiger partial charge in [0.1, 0.15) is 5.82 Å². The third-order valence-electron chi connectivity index (χ3n) is 2.98. The molecule has 0 aliphatic heterocycles. The molecule has 0 N–H and O–H groups in total. The molecule has 2 heteroatoms. The number of aryl methyl sites for hydroxylation is 1. The van der Waals surface area contributed by atoms with Gasteiger partial charge in [0.15, 0.2) is 0 Å². The number of rotatable bonds is 2. The molecule has 0 radical (unpaired) electrons. The Bertz CT molecular complexity index is 619. The number of benzene rings is 2. The van der Waals surface area contributed by atoms with E-state index in [-0.39, 0.29) is 0 Å². The molecule has 2 aromatic carbocycles. The molecule has 0 unspecified atom stereocenters. The summed E-state index contributed by atoms with van der Waals surface area (Å²) in [5.74, 6) is 0.792. The highest BCUT2D eigenvalue weighted by molar-refractivity contribution is 5.67. The van der Waals surface area contributed by atoms with Crippen molar-refractivity contribution in [2.24, 2.45) is 0 Å². The van der Waals surface area contributed by atoms with Crippen molar-refractivity contribution in [3.05, 3.63) is 72.6 Å². The van der Waals surface area contributed by atoms with E-state index in [9.17, 15) is 0 Å². The second-order valence-electron chi connectivity index (χ2n) is 4.42. The van der Waals surface area contributed by atoms with Gasteiger partial charge in [0.05, 0.1) is 11.4 Å². The van der Waals surface area contributed by atoms with Crippen LogP contribution in [-0.2, 0) is 0 Å². The third kappa shape index (κ3) is 3.76. The lowest BCUT2D eigenvalue weighted by Crippen LogP contribution is -1.94. The summed E-state index contributed by atoms with van der Waals surface area (Å²) in [5.41, 5.74) is 4.16. The van der Waals surface area contributed by atoms with Crippen LogP contribution in [0, 0.1) is 6.92 Å². The number of hydrogen-bond acceptors (Lipinski definition) is 2. The highest BCUT2D eigenvalue weighted by atomic mass is 14.9. The second kappa shape index (κ2) is 7.34. The van der Waals surface area contributed by atoms with Gasteiger partial charge in [-0.2, -0.15) is 0 Å². The molecule has 0 saturated heterocycles. The molecule has 21 heavy (non-hydrogen) atoms. The van der Waals surface area contributed by atoms with E-state index in [2.05, 4.69) is 34.2 Å². The van der Waals surface area contributed by atoms with Gasteiger partial charge in [-0.15, -0.1) is 0 Å². The summed E-state index contributed by atoms with van der Waals surface area (Å²) in [7, 11) is 0. The zero-order valence-electron chi connectivity index (χ0n) is 12.7. The van der Waals surface area contributed by atoms with Crippen LogP contribution in [0.25, 0.3) is 22.5 Å². The highest BCUT2D eigenvalue weighted by Crippen LogP contribution is 2.23. The Morgan fingerprint density at radius 1 is 0.619 bits per heavy atom. The van der Waals surface area contributed by atoms with Gasteiger partial charge in [-0.1, -0.05) is 74.5 Å². The summed E-state index contributed by atoms with van der Waals surface area (Å²) in [6.07, 6.45) is 0. The summed E-state index contributed by atoms with van der Waals surface area (Å²) in [4.78, 5) is 9.04. The minimum atomic E-state index is 0.792. The molecule has 106 valence electrons. The van der Waals surface area contributed by atoms with Crippen molar-refractivity contribution >= 4 is 0 Å². The molecule has 1 heterocycles. The first-order valence-electron chi connectivity index (χ1n) is 7.29. The van der Waals surface area contributed by atoms with Gasteiger partial charge < -0.3 is 0 Å². The molecule has 0 spiro atoms. The maximum atomic E-state index is 4.52. The van der Waals surface area contributed by atoms with E-state index in [4.69, 9.17) is 0 Å². The van der Waals surface area contributed by atoms with Gasteiger partial charge in [-0.3, -0.25) is 0 Å². The van der Waals surface area contributed by atoms with E-state index in [1.165, 1.54) is 0 Å². The van der Waals surface area contributed by atoms with Gasteiger partial charge >= 0.3 is 0 Å². The molecule has 0 saturated carbocycles. The fourth-order valence-corrected chi connectivity index (χ4v) is 2.08. The molecule has 0 aliphatic carbocycles. The Kier molecular flexibility index (Phi) is 5.22. The third-order valence-corrected chi connectivity index (χ3v) is 2.98. The predicted octanol–water partition coefficient (Wildman–Crippen LogP) is 5.15. The van der Waals surface area contributed by atoms with Crippen LogP contribution < -0.4 is 0 Å². The number of nitrogens with zero attached hydrogens (tertiary/aromatic N) is 2. The van der Waals surface area contributed by atoms with Crippen LogP contribution in [0.3, 0.4) is 0 Å². The Balaban J connectivity index is 0.000000774. The average molecular weight is 276 g/mol. The fourth-order valence-electron chi connectivity index (χ4n) is 2.08.